The maximum atomic E-state index is 6.05. The predicted octanol–water partition coefficient (Wildman–Crippen LogP) is 2.82. The molecule has 4 heteroatoms. The number of nitrogens with two attached hydrogens (primary N) is 1. The molecular weight excluding hydrogens is 250 g/mol. The van der Waals surface area contributed by atoms with Gasteiger partial charge in [0, 0.05) is 54.7 Å². The van der Waals surface area contributed by atoms with Gasteiger partial charge in [-0.2, -0.15) is 0 Å². The van der Waals surface area contributed by atoms with Crippen LogP contribution in [0.2, 0.25) is 0 Å². The first-order valence-electron chi connectivity index (χ1n) is 7.05. The van der Waals surface area contributed by atoms with E-state index in [1.807, 2.05) is 24.5 Å². The smallest absolute Gasteiger partial charge is 0.0825 e. The van der Waals surface area contributed by atoms with Crippen LogP contribution in [0.25, 0.3) is 10.8 Å². The summed E-state index contributed by atoms with van der Waals surface area (Å²) in [4.78, 5) is 6.58. The van der Waals surface area contributed by atoms with Crippen LogP contribution in [-0.2, 0) is 4.74 Å². The van der Waals surface area contributed by atoms with Crippen molar-refractivity contribution in [3.8, 4) is 0 Å². The molecule has 0 amide bonds. The number of piperidine rings is 1. The van der Waals surface area contributed by atoms with E-state index in [4.69, 9.17) is 10.5 Å². The third-order valence-corrected chi connectivity index (χ3v) is 4.32. The number of hydrogen-bond donors (Lipinski definition) is 1. The number of aromatic nitrogens is 1. The maximum absolute atomic E-state index is 6.05. The van der Waals surface area contributed by atoms with Crippen LogP contribution in [0, 0.1) is 0 Å². The van der Waals surface area contributed by atoms with E-state index in [-0.39, 0.29) is 5.60 Å². The lowest BCUT2D eigenvalue weighted by Crippen LogP contribution is -2.47. The first kappa shape index (κ1) is 13.2. The molecular formula is C16H21N3O. The molecule has 2 heterocycles. The van der Waals surface area contributed by atoms with Crippen LogP contribution >= 0.6 is 0 Å². The topological polar surface area (TPSA) is 51.4 Å². The Morgan fingerprint density at radius 3 is 2.95 bits per heavy atom. The maximum Gasteiger partial charge on any atom is 0.0825 e. The number of nitrogen functional groups attached to an aromatic ring is 1. The van der Waals surface area contributed by atoms with Crippen molar-refractivity contribution in [3.05, 3.63) is 30.6 Å². The number of nitrogens with zero attached hydrogens (tertiary/aromatic N) is 2. The minimum absolute atomic E-state index is 0.0704. The number of pyridine rings is 1. The number of hydrogen-bond acceptors (Lipinski definition) is 4. The first-order chi connectivity index (χ1) is 9.63. The van der Waals surface area contributed by atoms with Gasteiger partial charge in [-0.15, -0.1) is 0 Å². The minimum Gasteiger partial charge on any atom is -0.398 e. The van der Waals surface area contributed by atoms with Crippen LogP contribution in [-0.4, -0.2) is 30.8 Å². The zero-order valence-corrected chi connectivity index (χ0v) is 12.1. The SMILES string of the molecule is COC1(C)CCCN(c2ccc(N)c3cnccc23)C1. The van der Waals surface area contributed by atoms with Crippen molar-refractivity contribution in [1.82, 2.24) is 4.98 Å². The number of anilines is 2. The first-order valence-corrected chi connectivity index (χ1v) is 7.05. The highest BCUT2D eigenvalue weighted by Crippen LogP contribution is 2.34. The summed E-state index contributed by atoms with van der Waals surface area (Å²) in [6.07, 6.45) is 5.91. The van der Waals surface area contributed by atoms with Crippen LogP contribution in [0.5, 0.6) is 0 Å². The van der Waals surface area contributed by atoms with Crippen molar-refractivity contribution >= 4 is 22.1 Å². The molecule has 4 nitrogen and oxygen atoms in total. The highest BCUT2D eigenvalue weighted by Gasteiger charge is 2.31. The van der Waals surface area contributed by atoms with E-state index in [1.165, 1.54) is 11.1 Å². The van der Waals surface area contributed by atoms with Gasteiger partial charge in [0.2, 0.25) is 0 Å². The Morgan fingerprint density at radius 2 is 2.15 bits per heavy atom. The molecule has 1 aliphatic heterocycles. The molecule has 0 spiro atoms. The molecule has 20 heavy (non-hydrogen) atoms. The van der Waals surface area contributed by atoms with Gasteiger partial charge >= 0.3 is 0 Å². The van der Waals surface area contributed by atoms with E-state index in [2.05, 4.69) is 22.9 Å². The lowest BCUT2D eigenvalue weighted by atomic mass is 9.93. The fourth-order valence-corrected chi connectivity index (χ4v) is 3.05. The van der Waals surface area contributed by atoms with Crippen molar-refractivity contribution < 1.29 is 4.74 Å². The average molecular weight is 271 g/mol. The third-order valence-electron chi connectivity index (χ3n) is 4.32. The lowest BCUT2D eigenvalue weighted by molar-refractivity contribution is -0.00459. The summed E-state index contributed by atoms with van der Waals surface area (Å²) in [7, 11) is 1.80. The summed E-state index contributed by atoms with van der Waals surface area (Å²) in [6.45, 7) is 4.14. The van der Waals surface area contributed by atoms with Gasteiger partial charge < -0.3 is 15.4 Å². The molecule has 2 N–H and O–H groups in total. The fraction of sp³-hybridized carbons (Fsp3) is 0.438. The molecule has 0 radical (unpaired) electrons. The second-order valence-electron chi connectivity index (χ2n) is 5.77. The predicted molar refractivity (Wildman–Crippen MR) is 83.0 cm³/mol. The zero-order chi connectivity index (χ0) is 14.2. The Balaban J connectivity index is 2.04. The third kappa shape index (κ3) is 2.20. The Morgan fingerprint density at radius 1 is 1.30 bits per heavy atom. The normalized spacial score (nSPS) is 23.2. The van der Waals surface area contributed by atoms with Crippen LogP contribution in [0.1, 0.15) is 19.8 Å². The minimum atomic E-state index is -0.0704. The molecule has 0 bridgehead atoms. The van der Waals surface area contributed by atoms with Gasteiger partial charge in [0.1, 0.15) is 0 Å². The fourth-order valence-electron chi connectivity index (χ4n) is 3.05. The summed E-state index contributed by atoms with van der Waals surface area (Å²) in [6, 6.07) is 6.12. The monoisotopic (exact) mass is 271 g/mol. The summed E-state index contributed by atoms with van der Waals surface area (Å²) in [5.74, 6) is 0. The second-order valence-corrected chi connectivity index (χ2v) is 5.77. The standard InChI is InChI=1S/C16H21N3O/c1-16(20-2)7-3-9-19(11-16)15-5-4-14(17)13-10-18-8-6-12(13)15/h4-6,8,10H,3,7,9,11,17H2,1-2H3. The molecule has 1 saturated heterocycles. The van der Waals surface area contributed by atoms with Gasteiger partial charge in [-0.1, -0.05) is 0 Å². The van der Waals surface area contributed by atoms with Crippen molar-refractivity contribution in [3.63, 3.8) is 0 Å². The van der Waals surface area contributed by atoms with Crippen molar-refractivity contribution in [1.29, 1.82) is 0 Å². The van der Waals surface area contributed by atoms with Gasteiger partial charge in [0.15, 0.2) is 0 Å². The number of rotatable bonds is 2. The molecule has 2 aromatic rings. The van der Waals surface area contributed by atoms with E-state index in [0.717, 1.165) is 37.0 Å². The van der Waals surface area contributed by atoms with Gasteiger partial charge in [-0.25, -0.2) is 0 Å². The number of methoxy groups -OCH3 is 1. The number of fused-ring (bicyclic) bond motifs is 1. The quantitative estimate of drug-likeness (QED) is 0.853. The Bertz CT molecular complexity index is 628. The molecule has 1 aromatic heterocycles. The Labute approximate surface area is 119 Å². The number of benzene rings is 1. The average Bonchev–Trinajstić information content (AvgIpc) is 2.48. The largest absolute Gasteiger partial charge is 0.398 e. The summed E-state index contributed by atoms with van der Waals surface area (Å²) in [5.41, 5.74) is 7.98. The van der Waals surface area contributed by atoms with Gasteiger partial charge in [-0.3, -0.25) is 4.98 Å². The van der Waals surface area contributed by atoms with Crippen LogP contribution < -0.4 is 10.6 Å². The van der Waals surface area contributed by atoms with Crippen molar-refractivity contribution in [2.45, 2.75) is 25.4 Å². The molecule has 1 atom stereocenters. The lowest BCUT2D eigenvalue weighted by Gasteiger charge is -2.41. The molecule has 3 rings (SSSR count). The zero-order valence-electron chi connectivity index (χ0n) is 12.1. The summed E-state index contributed by atoms with van der Waals surface area (Å²) < 4.78 is 5.69. The molecule has 0 aliphatic carbocycles. The van der Waals surface area contributed by atoms with Gasteiger partial charge in [0.05, 0.1) is 5.60 Å². The molecule has 0 saturated carbocycles. The molecule has 1 fully saturated rings. The van der Waals surface area contributed by atoms with E-state index in [0.29, 0.717) is 0 Å². The van der Waals surface area contributed by atoms with Crippen molar-refractivity contribution in [2.24, 2.45) is 0 Å². The number of ether oxygens (including phenoxy) is 1. The second kappa shape index (κ2) is 4.94. The van der Waals surface area contributed by atoms with Crippen LogP contribution in [0.15, 0.2) is 30.6 Å². The summed E-state index contributed by atoms with van der Waals surface area (Å²) >= 11 is 0. The van der Waals surface area contributed by atoms with E-state index >= 15 is 0 Å². The molecule has 1 unspecified atom stereocenters. The molecule has 1 aromatic carbocycles. The van der Waals surface area contributed by atoms with Gasteiger partial charge in [0.25, 0.3) is 0 Å². The van der Waals surface area contributed by atoms with Crippen LogP contribution in [0.4, 0.5) is 11.4 Å². The van der Waals surface area contributed by atoms with Crippen LogP contribution in [0.3, 0.4) is 0 Å². The molecule has 1 aliphatic rings. The van der Waals surface area contributed by atoms with E-state index in [1.54, 1.807) is 7.11 Å². The molecule has 106 valence electrons. The Kier molecular flexibility index (Phi) is 3.26. The summed E-state index contributed by atoms with van der Waals surface area (Å²) in [5, 5.41) is 2.19. The Hall–Kier alpha value is -1.81. The van der Waals surface area contributed by atoms with Gasteiger partial charge in [-0.05, 0) is 38.0 Å². The highest BCUT2D eigenvalue weighted by molar-refractivity contribution is 6.00. The van der Waals surface area contributed by atoms with E-state index in [9.17, 15) is 0 Å². The van der Waals surface area contributed by atoms with E-state index < -0.39 is 0 Å². The van der Waals surface area contributed by atoms with Crippen molar-refractivity contribution in [2.75, 3.05) is 30.8 Å². The highest BCUT2D eigenvalue weighted by atomic mass is 16.5.